The molecule has 6 rings (SSSR count). The maximum absolute atomic E-state index is 14.1. The van der Waals surface area contributed by atoms with Crippen molar-refractivity contribution in [2.24, 2.45) is 10.2 Å². The summed E-state index contributed by atoms with van der Waals surface area (Å²) in [6, 6.07) is 27.1. The van der Waals surface area contributed by atoms with Crippen LogP contribution in [0.1, 0.15) is 15.9 Å². The molecule has 1 spiro atoms. The molecule has 0 saturated carbocycles. The first-order valence-electron chi connectivity index (χ1n) is 11.6. The fourth-order valence-corrected chi connectivity index (χ4v) is 5.35. The third-order valence-corrected chi connectivity index (χ3v) is 6.96. The predicted octanol–water partition coefficient (Wildman–Crippen LogP) is 5.63. The van der Waals surface area contributed by atoms with Gasteiger partial charge in [-0.25, -0.2) is 9.59 Å². The van der Waals surface area contributed by atoms with E-state index in [1.807, 2.05) is 72.8 Å². The number of methoxy groups -OCH3 is 2. The second-order valence-corrected chi connectivity index (χ2v) is 8.75. The minimum atomic E-state index is -1.83. The standard InChI is InChI=1S/C30H20N2O5/c1-36-28(34)25-26(29(35)37-2)31-32-30(25)22-16-15-20(18-11-7-4-8-12-18)23-19(17-9-5-3-6-10-17)13-14-21(24(22)23)27(30)33/h3-16H,1-2H3. The number of benzene rings is 4. The van der Waals surface area contributed by atoms with Crippen LogP contribution in [0.15, 0.2) is 106 Å². The first-order chi connectivity index (χ1) is 18.0. The van der Waals surface area contributed by atoms with E-state index < -0.39 is 23.3 Å². The van der Waals surface area contributed by atoms with Crippen LogP contribution in [0.25, 0.3) is 33.0 Å². The first-order valence-corrected chi connectivity index (χ1v) is 11.6. The molecule has 4 aromatic carbocycles. The van der Waals surface area contributed by atoms with Crippen molar-refractivity contribution in [2.45, 2.75) is 5.54 Å². The summed E-state index contributed by atoms with van der Waals surface area (Å²) in [5, 5.41) is 9.79. The quantitative estimate of drug-likeness (QED) is 0.347. The Morgan fingerprint density at radius 3 is 1.78 bits per heavy atom. The predicted molar refractivity (Wildman–Crippen MR) is 137 cm³/mol. The first kappa shape index (κ1) is 22.5. The number of ether oxygens (including phenoxy) is 2. The molecular weight excluding hydrogens is 468 g/mol. The minimum Gasteiger partial charge on any atom is -0.466 e. The van der Waals surface area contributed by atoms with Crippen molar-refractivity contribution in [1.82, 2.24) is 0 Å². The second kappa shape index (κ2) is 8.34. The molecule has 0 radical (unpaired) electrons. The van der Waals surface area contributed by atoms with Crippen molar-refractivity contribution in [3.63, 3.8) is 0 Å². The lowest BCUT2D eigenvalue weighted by molar-refractivity contribution is -0.139. The molecule has 7 nitrogen and oxygen atoms in total. The fourth-order valence-electron chi connectivity index (χ4n) is 5.35. The van der Waals surface area contributed by atoms with Crippen molar-refractivity contribution >= 4 is 28.5 Å². The van der Waals surface area contributed by atoms with Crippen LogP contribution in [0, 0.1) is 0 Å². The summed E-state index contributed by atoms with van der Waals surface area (Å²) in [5.74, 6) is -2.18. The molecule has 4 aromatic rings. The highest BCUT2D eigenvalue weighted by Gasteiger charge is 2.58. The molecule has 0 amide bonds. The normalized spacial score (nSPS) is 17.6. The number of carbonyl (C=O) groups excluding carboxylic acids is 3. The van der Waals surface area contributed by atoms with Crippen molar-refractivity contribution in [3.05, 3.63) is 107 Å². The number of Topliss-reactive ketones (excluding diaryl/α,β-unsaturated/α-hetero) is 1. The summed E-state index contributed by atoms with van der Waals surface area (Å²) in [6.07, 6.45) is 0. The van der Waals surface area contributed by atoms with Gasteiger partial charge in [0.1, 0.15) is 5.57 Å². The number of esters is 2. The Kier molecular flexibility index (Phi) is 5.08. The molecule has 1 heterocycles. The highest BCUT2D eigenvalue weighted by Crippen LogP contribution is 2.54. The molecule has 1 aliphatic carbocycles. The third kappa shape index (κ3) is 3.04. The highest BCUT2D eigenvalue weighted by atomic mass is 16.5. The van der Waals surface area contributed by atoms with E-state index in [0.29, 0.717) is 16.5 Å². The summed E-state index contributed by atoms with van der Waals surface area (Å²) >= 11 is 0. The van der Waals surface area contributed by atoms with Crippen LogP contribution in [-0.2, 0) is 24.6 Å². The van der Waals surface area contributed by atoms with E-state index in [4.69, 9.17) is 9.47 Å². The van der Waals surface area contributed by atoms with E-state index in [0.717, 1.165) is 27.6 Å². The lowest BCUT2D eigenvalue weighted by Gasteiger charge is -2.22. The Labute approximate surface area is 212 Å². The SMILES string of the molecule is COC(=O)C1=C(C(=O)OC)C2(N=N1)C(=O)c1ccc(-c3ccccc3)c3c(-c4ccccc4)ccc2c13. The van der Waals surface area contributed by atoms with Crippen LogP contribution in [0.4, 0.5) is 0 Å². The van der Waals surface area contributed by atoms with Gasteiger partial charge in [0.25, 0.3) is 0 Å². The van der Waals surface area contributed by atoms with Gasteiger partial charge in [-0.05, 0) is 27.6 Å². The average Bonchev–Trinajstić information content (AvgIpc) is 3.47. The van der Waals surface area contributed by atoms with Crippen LogP contribution in [0.2, 0.25) is 0 Å². The minimum absolute atomic E-state index is 0.238. The average molecular weight is 488 g/mol. The van der Waals surface area contributed by atoms with E-state index in [-0.39, 0.29) is 11.3 Å². The maximum Gasteiger partial charge on any atom is 0.359 e. The van der Waals surface area contributed by atoms with Crippen LogP contribution >= 0.6 is 0 Å². The number of nitrogens with zero attached hydrogens (tertiary/aromatic N) is 2. The summed E-state index contributed by atoms with van der Waals surface area (Å²) in [6.45, 7) is 0. The number of ketones is 1. The third-order valence-electron chi connectivity index (χ3n) is 6.96. The number of fused-ring (bicyclic) bond motifs is 1. The number of azo groups is 1. The fraction of sp³-hybridized carbons (Fsp3) is 0.100. The van der Waals surface area contributed by atoms with Crippen molar-refractivity contribution < 1.29 is 23.9 Å². The molecule has 1 atom stereocenters. The molecule has 0 saturated heterocycles. The molecule has 0 bridgehead atoms. The van der Waals surface area contributed by atoms with Crippen LogP contribution in [0.3, 0.4) is 0 Å². The number of hydrogen-bond donors (Lipinski definition) is 0. The smallest absolute Gasteiger partial charge is 0.359 e. The van der Waals surface area contributed by atoms with Gasteiger partial charge >= 0.3 is 11.9 Å². The molecule has 7 heteroatoms. The number of hydrogen-bond acceptors (Lipinski definition) is 7. The monoisotopic (exact) mass is 488 g/mol. The van der Waals surface area contributed by atoms with Gasteiger partial charge in [0, 0.05) is 16.5 Å². The van der Waals surface area contributed by atoms with Gasteiger partial charge in [-0.2, -0.15) is 5.11 Å². The van der Waals surface area contributed by atoms with Gasteiger partial charge in [-0.15, -0.1) is 5.11 Å². The van der Waals surface area contributed by atoms with Gasteiger partial charge in [-0.1, -0.05) is 84.9 Å². The van der Waals surface area contributed by atoms with E-state index in [2.05, 4.69) is 10.2 Å². The lowest BCUT2D eigenvalue weighted by atomic mass is 9.81. The van der Waals surface area contributed by atoms with Crippen molar-refractivity contribution in [3.8, 4) is 22.3 Å². The number of rotatable bonds is 4. The molecule has 37 heavy (non-hydrogen) atoms. The van der Waals surface area contributed by atoms with Gasteiger partial charge < -0.3 is 9.47 Å². The molecule has 0 aromatic heterocycles. The Bertz CT molecular complexity index is 1640. The van der Waals surface area contributed by atoms with Gasteiger partial charge in [-0.3, -0.25) is 4.79 Å². The van der Waals surface area contributed by atoms with Gasteiger partial charge in [0.05, 0.1) is 14.2 Å². The highest BCUT2D eigenvalue weighted by molar-refractivity contribution is 6.28. The van der Waals surface area contributed by atoms with E-state index in [1.54, 1.807) is 12.1 Å². The Hall–Kier alpha value is -4.91. The summed E-state index contributed by atoms with van der Waals surface area (Å²) in [7, 11) is 2.36. The Morgan fingerprint density at radius 2 is 1.22 bits per heavy atom. The summed E-state index contributed by atoms with van der Waals surface area (Å²) in [5.41, 5.74) is 2.27. The maximum atomic E-state index is 14.1. The molecule has 0 fully saturated rings. The molecule has 1 aliphatic heterocycles. The largest absolute Gasteiger partial charge is 0.466 e. The number of carbonyl (C=O) groups is 3. The summed E-state index contributed by atoms with van der Waals surface area (Å²) in [4.78, 5) is 39.7. The molecule has 1 unspecified atom stereocenters. The Balaban J connectivity index is 1.74. The molecular formula is C30H20N2O5. The van der Waals surface area contributed by atoms with Crippen molar-refractivity contribution in [1.29, 1.82) is 0 Å². The zero-order valence-electron chi connectivity index (χ0n) is 20.0. The van der Waals surface area contributed by atoms with E-state index in [9.17, 15) is 14.4 Å². The van der Waals surface area contributed by atoms with Crippen LogP contribution in [-0.4, -0.2) is 31.9 Å². The zero-order valence-corrected chi connectivity index (χ0v) is 20.0. The van der Waals surface area contributed by atoms with Gasteiger partial charge in [0.2, 0.25) is 11.3 Å². The van der Waals surface area contributed by atoms with E-state index in [1.165, 1.54) is 14.2 Å². The Morgan fingerprint density at radius 1 is 0.676 bits per heavy atom. The van der Waals surface area contributed by atoms with Crippen molar-refractivity contribution in [2.75, 3.05) is 14.2 Å². The summed E-state index contributed by atoms with van der Waals surface area (Å²) < 4.78 is 9.83. The zero-order chi connectivity index (χ0) is 25.7. The van der Waals surface area contributed by atoms with Crippen LogP contribution < -0.4 is 0 Å². The van der Waals surface area contributed by atoms with Gasteiger partial charge in [0.15, 0.2) is 5.70 Å². The second-order valence-electron chi connectivity index (χ2n) is 8.75. The van der Waals surface area contributed by atoms with E-state index >= 15 is 0 Å². The molecule has 0 N–H and O–H groups in total. The lowest BCUT2D eigenvalue weighted by Crippen LogP contribution is -2.35. The molecule has 2 aliphatic rings. The topological polar surface area (TPSA) is 94.4 Å². The molecule has 180 valence electrons. The van der Waals surface area contributed by atoms with Crippen LogP contribution in [0.5, 0.6) is 0 Å².